The minimum absolute atomic E-state index is 0.125. The fourth-order valence-electron chi connectivity index (χ4n) is 2.01. The molecule has 5 nitrogen and oxygen atoms in total. The number of nitro groups is 1. The highest BCUT2D eigenvalue weighted by atomic mass is 16.6. The first-order valence-corrected chi connectivity index (χ1v) is 5.99. The number of carbonyl (C=O) groups is 1. The number of aromatic nitrogens is 1. The Morgan fingerprint density at radius 1 is 1.16 bits per heavy atom. The number of rotatable bonds is 5. The normalized spacial score (nSPS) is 12.0. The van der Waals surface area contributed by atoms with Crippen LogP contribution in [0.5, 0.6) is 0 Å². The van der Waals surface area contributed by atoms with Crippen molar-refractivity contribution < 1.29 is 9.72 Å². The number of nitrogens with zero attached hydrogens (tertiary/aromatic N) is 2. The third-order valence-electron chi connectivity index (χ3n) is 2.95. The average Bonchev–Trinajstić information content (AvgIpc) is 2.92. The van der Waals surface area contributed by atoms with Gasteiger partial charge in [-0.3, -0.25) is 19.5 Å². The molecule has 0 amide bonds. The van der Waals surface area contributed by atoms with Gasteiger partial charge in [0.25, 0.3) is 0 Å². The van der Waals surface area contributed by atoms with Crippen LogP contribution in [0.25, 0.3) is 0 Å². The van der Waals surface area contributed by atoms with Crippen LogP contribution in [0.3, 0.4) is 0 Å². The van der Waals surface area contributed by atoms with Crippen LogP contribution in [-0.4, -0.2) is 21.9 Å². The van der Waals surface area contributed by atoms with Gasteiger partial charge in [-0.1, -0.05) is 30.3 Å². The predicted molar refractivity (Wildman–Crippen MR) is 70.7 cm³/mol. The zero-order valence-electron chi connectivity index (χ0n) is 10.3. The Bertz CT molecular complexity index is 549. The Morgan fingerprint density at radius 2 is 1.79 bits per heavy atom. The van der Waals surface area contributed by atoms with E-state index in [1.165, 1.54) is 4.57 Å². The minimum atomic E-state index is -0.397. The quantitative estimate of drug-likeness (QED) is 0.611. The van der Waals surface area contributed by atoms with E-state index in [4.69, 9.17) is 0 Å². The summed E-state index contributed by atoms with van der Waals surface area (Å²) in [5.74, 6) is -0.535. The van der Waals surface area contributed by atoms with E-state index >= 15 is 0 Å². The van der Waals surface area contributed by atoms with Crippen molar-refractivity contribution >= 4 is 5.91 Å². The molecule has 0 N–H and O–H groups in total. The molecule has 1 aromatic carbocycles. The lowest BCUT2D eigenvalue weighted by atomic mass is 9.95. The second-order valence-corrected chi connectivity index (χ2v) is 4.31. The van der Waals surface area contributed by atoms with Gasteiger partial charge in [-0.25, -0.2) is 0 Å². The van der Waals surface area contributed by atoms with E-state index in [0.717, 1.165) is 5.56 Å². The van der Waals surface area contributed by atoms with Gasteiger partial charge in [0.2, 0.25) is 12.5 Å². The van der Waals surface area contributed by atoms with E-state index in [1.807, 2.05) is 30.3 Å². The molecular formula is C14H14N2O3. The van der Waals surface area contributed by atoms with Crippen molar-refractivity contribution in [3.8, 4) is 0 Å². The fraction of sp³-hybridized carbons (Fsp3) is 0.214. The van der Waals surface area contributed by atoms with Crippen LogP contribution < -0.4 is 0 Å². The van der Waals surface area contributed by atoms with Crippen molar-refractivity contribution in [3.05, 3.63) is 70.5 Å². The first kappa shape index (κ1) is 13.0. The lowest BCUT2D eigenvalue weighted by Crippen LogP contribution is -2.19. The molecule has 1 aromatic heterocycles. The van der Waals surface area contributed by atoms with Gasteiger partial charge in [-0.2, -0.15) is 0 Å². The summed E-state index contributed by atoms with van der Waals surface area (Å²) >= 11 is 0. The van der Waals surface area contributed by atoms with Crippen LogP contribution in [0.2, 0.25) is 0 Å². The van der Waals surface area contributed by atoms with E-state index < -0.39 is 5.92 Å². The van der Waals surface area contributed by atoms with Gasteiger partial charge >= 0.3 is 0 Å². The number of hydrogen-bond acceptors (Lipinski definition) is 3. The minimum Gasteiger partial charge on any atom is -0.295 e. The second-order valence-electron chi connectivity index (χ2n) is 4.31. The summed E-state index contributed by atoms with van der Waals surface area (Å²) in [5.41, 5.74) is 0.819. The Kier molecular flexibility index (Phi) is 4.07. The third-order valence-corrected chi connectivity index (χ3v) is 2.95. The lowest BCUT2D eigenvalue weighted by Gasteiger charge is -2.12. The van der Waals surface area contributed by atoms with E-state index in [2.05, 4.69) is 0 Å². The largest absolute Gasteiger partial charge is 0.295 e. The molecule has 1 heterocycles. The maximum absolute atomic E-state index is 12.0. The van der Waals surface area contributed by atoms with Gasteiger partial charge in [-0.15, -0.1) is 0 Å². The Labute approximate surface area is 110 Å². The van der Waals surface area contributed by atoms with Gasteiger partial charge in [0, 0.05) is 23.7 Å². The zero-order chi connectivity index (χ0) is 13.7. The highest BCUT2D eigenvalue weighted by molar-refractivity contribution is 5.79. The van der Waals surface area contributed by atoms with Crippen LogP contribution in [0.4, 0.5) is 0 Å². The van der Waals surface area contributed by atoms with Gasteiger partial charge < -0.3 is 0 Å². The van der Waals surface area contributed by atoms with Crippen LogP contribution in [0.1, 0.15) is 22.7 Å². The summed E-state index contributed by atoms with van der Waals surface area (Å²) in [5, 5.41) is 10.7. The molecule has 0 saturated heterocycles. The van der Waals surface area contributed by atoms with Crippen LogP contribution in [-0.2, 0) is 0 Å². The van der Waals surface area contributed by atoms with E-state index in [1.54, 1.807) is 24.5 Å². The zero-order valence-corrected chi connectivity index (χ0v) is 10.3. The smallest absolute Gasteiger partial charge is 0.231 e. The number of carbonyl (C=O) groups excluding carboxylic acids is 1. The molecule has 0 aliphatic carbocycles. The van der Waals surface area contributed by atoms with Crippen molar-refractivity contribution in [2.45, 2.75) is 12.3 Å². The monoisotopic (exact) mass is 258 g/mol. The molecule has 0 radical (unpaired) electrons. The SMILES string of the molecule is O=C(C[C@H](C[N+](=O)[O-])c1ccccc1)n1cccc1. The predicted octanol–water partition coefficient (Wildman–Crippen LogP) is 2.58. The molecule has 5 heteroatoms. The summed E-state index contributed by atoms with van der Waals surface area (Å²) in [6.07, 6.45) is 3.42. The molecule has 19 heavy (non-hydrogen) atoms. The first-order valence-electron chi connectivity index (χ1n) is 5.99. The summed E-state index contributed by atoms with van der Waals surface area (Å²) in [4.78, 5) is 22.4. The van der Waals surface area contributed by atoms with Crippen molar-refractivity contribution in [2.24, 2.45) is 0 Å². The molecule has 0 bridgehead atoms. The molecule has 0 spiro atoms. The van der Waals surface area contributed by atoms with E-state index in [-0.39, 0.29) is 23.8 Å². The molecule has 0 saturated carbocycles. The molecule has 2 rings (SSSR count). The van der Waals surface area contributed by atoms with Crippen LogP contribution in [0, 0.1) is 10.1 Å². The Balaban J connectivity index is 2.15. The van der Waals surface area contributed by atoms with Gasteiger partial charge in [0.15, 0.2) is 0 Å². The maximum atomic E-state index is 12.0. The van der Waals surface area contributed by atoms with E-state index in [9.17, 15) is 14.9 Å². The molecule has 2 aromatic rings. The first-order chi connectivity index (χ1) is 9.16. The van der Waals surface area contributed by atoms with Gasteiger partial charge in [-0.05, 0) is 17.7 Å². The molecule has 0 unspecified atom stereocenters. The van der Waals surface area contributed by atoms with E-state index in [0.29, 0.717) is 0 Å². The summed E-state index contributed by atoms with van der Waals surface area (Å²) in [7, 11) is 0. The molecule has 1 atom stereocenters. The lowest BCUT2D eigenvalue weighted by molar-refractivity contribution is -0.483. The maximum Gasteiger partial charge on any atom is 0.231 e. The topological polar surface area (TPSA) is 65.1 Å². The van der Waals surface area contributed by atoms with Crippen molar-refractivity contribution in [2.75, 3.05) is 6.54 Å². The Morgan fingerprint density at radius 3 is 2.37 bits per heavy atom. The summed E-state index contributed by atoms with van der Waals surface area (Å²) in [6.45, 7) is -0.239. The third kappa shape index (κ3) is 3.51. The molecule has 98 valence electrons. The van der Waals surface area contributed by atoms with Gasteiger partial charge in [0.1, 0.15) is 0 Å². The fourth-order valence-corrected chi connectivity index (χ4v) is 2.01. The molecule has 0 aliphatic rings. The Hall–Kier alpha value is -2.43. The summed E-state index contributed by atoms with van der Waals surface area (Å²) < 4.78 is 1.45. The number of hydrogen-bond donors (Lipinski definition) is 0. The molecule has 0 aliphatic heterocycles. The number of benzene rings is 1. The van der Waals surface area contributed by atoms with Crippen LogP contribution in [0.15, 0.2) is 54.9 Å². The van der Waals surface area contributed by atoms with Crippen LogP contribution >= 0.6 is 0 Å². The summed E-state index contributed by atoms with van der Waals surface area (Å²) in [6, 6.07) is 12.6. The molecule has 0 fully saturated rings. The second kappa shape index (κ2) is 5.95. The highest BCUT2D eigenvalue weighted by Gasteiger charge is 2.21. The molecular weight excluding hydrogens is 244 g/mol. The standard InChI is InChI=1S/C14H14N2O3/c17-14(15-8-4-5-9-15)10-13(11-16(18)19)12-6-2-1-3-7-12/h1-9,13H,10-11H2/t13-/m1/s1. The average molecular weight is 258 g/mol. The van der Waals surface area contributed by atoms with Gasteiger partial charge in [0.05, 0.1) is 5.92 Å². The highest BCUT2D eigenvalue weighted by Crippen LogP contribution is 2.20. The van der Waals surface area contributed by atoms with Crippen molar-refractivity contribution in [1.82, 2.24) is 4.57 Å². The van der Waals surface area contributed by atoms with Crippen molar-refractivity contribution in [1.29, 1.82) is 0 Å². The van der Waals surface area contributed by atoms with Crippen molar-refractivity contribution in [3.63, 3.8) is 0 Å².